The molecule has 4 N–H and O–H groups in total. The van der Waals surface area contributed by atoms with Gasteiger partial charge in [-0.3, -0.25) is 4.79 Å². The molecule has 110 valence electrons. The number of phenols is 1. The summed E-state index contributed by atoms with van der Waals surface area (Å²) in [4.78, 5) is 12.3. The molecular formula is C14H20N2O4. The van der Waals surface area contributed by atoms with Gasteiger partial charge in [0.25, 0.3) is 5.91 Å². The number of hydrogen-bond acceptors (Lipinski definition) is 5. The van der Waals surface area contributed by atoms with Crippen LogP contribution in [0.15, 0.2) is 18.2 Å². The molecule has 1 aromatic carbocycles. The van der Waals surface area contributed by atoms with Crippen molar-refractivity contribution in [3.63, 3.8) is 0 Å². The van der Waals surface area contributed by atoms with Gasteiger partial charge in [-0.15, -0.1) is 0 Å². The van der Waals surface area contributed by atoms with Crippen LogP contribution in [0.2, 0.25) is 0 Å². The molecule has 1 heterocycles. The van der Waals surface area contributed by atoms with E-state index in [1.807, 2.05) is 0 Å². The first kappa shape index (κ1) is 14.6. The van der Waals surface area contributed by atoms with E-state index in [-0.39, 0.29) is 11.7 Å². The highest BCUT2D eigenvalue weighted by molar-refractivity contribution is 5.95. The summed E-state index contributed by atoms with van der Waals surface area (Å²) in [6, 6.07) is 4.55. The van der Waals surface area contributed by atoms with Gasteiger partial charge < -0.3 is 25.6 Å². The maximum atomic E-state index is 12.3. The first-order chi connectivity index (χ1) is 9.60. The Kier molecular flexibility index (Phi) is 4.46. The number of nitrogens with one attached hydrogen (secondary N) is 1. The quantitative estimate of drug-likeness (QED) is 0.752. The number of carbonyl (C=O) groups excluding carboxylic acids is 1. The van der Waals surface area contributed by atoms with Gasteiger partial charge in [0, 0.05) is 25.3 Å². The Hall–Kier alpha value is -1.79. The molecule has 1 fully saturated rings. The monoisotopic (exact) mass is 280 g/mol. The van der Waals surface area contributed by atoms with E-state index in [9.17, 15) is 9.90 Å². The number of ether oxygens (including phenoxy) is 2. The standard InChI is InChI=1S/C14H20N2O4/c1-19-12-3-2-10(8-11(12)17)13(18)16-14(9-15)4-6-20-7-5-14/h2-3,8,17H,4-7,9,15H2,1H3,(H,16,18). The molecule has 0 unspecified atom stereocenters. The summed E-state index contributed by atoms with van der Waals surface area (Å²) in [5.41, 5.74) is 5.75. The van der Waals surface area contributed by atoms with Crippen LogP contribution in [0.3, 0.4) is 0 Å². The molecule has 0 bridgehead atoms. The second kappa shape index (κ2) is 6.11. The van der Waals surface area contributed by atoms with E-state index in [0.717, 1.165) is 0 Å². The number of nitrogens with two attached hydrogens (primary N) is 1. The number of aromatic hydroxyl groups is 1. The van der Waals surface area contributed by atoms with E-state index in [4.69, 9.17) is 15.2 Å². The Morgan fingerprint density at radius 2 is 2.20 bits per heavy atom. The molecule has 0 saturated carbocycles. The van der Waals surface area contributed by atoms with E-state index in [0.29, 0.717) is 43.9 Å². The van der Waals surface area contributed by atoms with Crippen molar-refractivity contribution in [2.45, 2.75) is 18.4 Å². The van der Waals surface area contributed by atoms with Gasteiger partial charge in [0.05, 0.1) is 12.6 Å². The molecule has 0 spiro atoms. The van der Waals surface area contributed by atoms with E-state index in [1.54, 1.807) is 12.1 Å². The number of rotatable bonds is 4. The summed E-state index contributed by atoms with van der Waals surface area (Å²) in [5, 5.41) is 12.7. The zero-order chi connectivity index (χ0) is 14.6. The van der Waals surface area contributed by atoms with Crippen LogP contribution in [-0.2, 0) is 4.74 Å². The largest absolute Gasteiger partial charge is 0.504 e. The van der Waals surface area contributed by atoms with E-state index in [1.165, 1.54) is 13.2 Å². The molecule has 0 atom stereocenters. The predicted octanol–water partition coefficient (Wildman–Crippen LogP) is 0.638. The summed E-state index contributed by atoms with van der Waals surface area (Å²) in [5.74, 6) is 0.0189. The van der Waals surface area contributed by atoms with Crippen LogP contribution in [0.25, 0.3) is 0 Å². The Bertz CT molecular complexity index is 484. The summed E-state index contributed by atoms with van der Waals surface area (Å²) >= 11 is 0. The average molecular weight is 280 g/mol. The third-order valence-electron chi connectivity index (χ3n) is 3.66. The zero-order valence-corrected chi connectivity index (χ0v) is 11.5. The lowest BCUT2D eigenvalue weighted by Crippen LogP contribution is -2.56. The van der Waals surface area contributed by atoms with Crippen molar-refractivity contribution < 1.29 is 19.4 Å². The summed E-state index contributed by atoms with van der Waals surface area (Å²) in [7, 11) is 1.46. The molecule has 1 aromatic rings. The van der Waals surface area contributed by atoms with Gasteiger partial charge >= 0.3 is 0 Å². The number of phenolic OH excluding ortho intramolecular Hbond substituents is 1. The first-order valence-electron chi connectivity index (χ1n) is 6.57. The molecule has 20 heavy (non-hydrogen) atoms. The maximum Gasteiger partial charge on any atom is 0.251 e. The van der Waals surface area contributed by atoms with Gasteiger partial charge in [0.1, 0.15) is 0 Å². The van der Waals surface area contributed by atoms with Gasteiger partial charge in [-0.05, 0) is 31.0 Å². The minimum absolute atomic E-state index is 0.0612. The number of methoxy groups -OCH3 is 1. The molecule has 1 aliphatic heterocycles. The van der Waals surface area contributed by atoms with Crippen molar-refractivity contribution in [2.75, 3.05) is 26.9 Å². The Morgan fingerprint density at radius 1 is 1.50 bits per heavy atom. The second-order valence-corrected chi connectivity index (χ2v) is 4.94. The molecule has 1 aliphatic rings. The van der Waals surface area contributed by atoms with Crippen LogP contribution in [-0.4, -0.2) is 43.4 Å². The van der Waals surface area contributed by atoms with Crippen molar-refractivity contribution in [3.05, 3.63) is 23.8 Å². The lowest BCUT2D eigenvalue weighted by molar-refractivity contribution is 0.0388. The highest BCUT2D eigenvalue weighted by Gasteiger charge is 2.33. The van der Waals surface area contributed by atoms with Crippen LogP contribution in [0.4, 0.5) is 0 Å². The lowest BCUT2D eigenvalue weighted by atomic mass is 9.89. The molecule has 2 rings (SSSR count). The molecule has 1 amide bonds. The Morgan fingerprint density at radius 3 is 2.75 bits per heavy atom. The fourth-order valence-electron chi connectivity index (χ4n) is 2.29. The van der Waals surface area contributed by atoms with Gasteiger partial charge in [-0.2, -0.15) is 0 Å². The molecule has 6 nitrogen and oxygen atoms in total. The van der Waals surface area contributed by atoms with Gasteiger partial charge in [0.2, 0.25) is 0 Å². The number of carbonyl (C=O) groups is 1. The molecule has 1 saturated heterocycles. The van der Waals surface area contributed by atoms with Crippen molar-refractivity contribution in [1.29, 1.82) is 0 Å². The molecule has 6 heteroatoms. The SMILES string of the molecule is COc1ccc(C(=O)NC2(CN)CCOCC2)cc1O. The topological polar surface area (TPSA) is 93.8 Å². The second-order valence-electron chi connectivity index (χ2n) is 4.94. The fourth-order valence-corrected chi connectivity index (χ4v) is 2.29. The third kappa shape index (κ3) is 3.02. The van der Waals surface area contributed by atoms with Gasteiger partial charge in [-0.25, -0.2) is 0 Å². The molecule has 0 radical (unpaired) electrons. The zero-order valence-electron chi connectivity index (χ0n) is 11.5. The maximum absolute atomic E-state index is 12.3. The number of amides is 1. The van der Waals surface area contributed by atoms with Crippen LogP contribution < -0.4 is 15.8 Å². The van der Waals surface area contributed by atoms with Crippen molar-refractivity contribution in [2.24, 2.45) is 5.73 Å². The predicted molar refractivity (Wildman–Crippen MR) is 74.0 cm³/mol. The number of hydrogen-bond donors (Lipinski definition) is 3. The smallest absolute Gasteiger partial charge is 0.251 e. The minimum Gasteiger partial charge on any atom is -0.504 e. The van der Waals surface area contributed by atoms with Gasteiger partial charge in [0.15, 0.2) is 11.5 Å². The van der Waals surface area contributed by atoms with Crippen LogP contribution >= 0.6 is 0 Å². The highest BCUT2D eigenvalue weighted by atomic mass is 16.5. The summed E-state index contributed by atoms with van der Waals surface area (Å²) in [6.07, 6.45) is 1.38. The van der Waals surface area contributed by atoms with E-state index >= 15 is 0 Å². The van der Waals surface area contributed by atoms with Gasteiger partial charge in [-0.1, -0.05) is 0 Å². The normalized spacial score (nSPS) is 17.5. The van der Waals surface area contributed by atoms with Crippen LogP contribution in [0.5, 0.6) is 11.5 Å². The third-order valence-corrected chi connectivity index (χ3v) is 3.66. The molecule has 0 aromatic heterocycles. The lowest BCUT2D eigenvalue weighted by Gasteiger charge is -2.37. The Balaban J connectivity index is 2.12. The van der Waals surface area contributed by atoms with Crippen molar-refractivity contribution in [1.82, 2.24) is 5.32 Å². The van der Waals surface area contributed by atoms with Crippen LogP contribution in [0.1, 0.15) is 23.2 Å². The average Bonchev–Trinajstić information content (AvgIpc) is 2.48. The molecule has 0 aliphatic carbocycles. The minimum atomic E-state index is -0.426. The highest BCUT2D eigenvalue weighted by Crippen LogP contribution is 2.27. The fraction of sp³-hybridized carbons (Fsp3) is 0.500. The van der Waals surface area contributed by atoms with E-state index < -0.39 is 5.54 Å². The summed E-state index contributed by atoms with van der Waals surface area (Å²) < 4.78 is 10.3. The molecular weight excluding hydrogens is 260 g/mol. The summed E-state index contributed by atoms with van der Waals surface area (Å²) in [6.45, 7) is 1.54. The van der Waals surface area contributed by atoms with Crippen LogP contribution in [0, 0.1) is 0 Å². The Labute approximate surface area is 117 Å². The van der Waals surface area contributed by atoms with E-state index in [2.05, 4.69) is 5.32 Å². The van der Waals surface area contributed by atoms with Crippen molar-refractivity contribution in [3.8, 4) is 11.5 Å². The number of benzene rings is 1. The van der Waals surface area contributed by atoms with Crippen molar-refractivity contribution >= 4 is 5.91 Å². The first-order valence-corrected chi connectivity index (χ1v) is 6.57.